The average Bonchev–Trinajstić information content (AvgIpc) is 2.18. The van der Waals surface area contributed by atoms with E-state index in [1.54, 1.807) is 6.92 Å². The van der Waals surface area contributed by atoms with Crippen molar-refractivity contribution in [1.82, 2.24) is 5.32 Å². The molecule has 1 rings (SSSR count). The molecule has 6 nitrogen and oxygen atoms in total. The van der Waals surface area contributed by atoms with Gasteiger partial charge in [-0.3, -0.25) is 4.79 Å². The molecule has 1 fully saturated rings. The standard InChI is InChI=1S/C9H17NO5/c1-4-7(12)6(10-5(2)11)8(13)9(14-3)15-4/h4,6-9,12-13H,1-3H3,(H,10,11)/t4-,6+,7+,8+,9+/m0/s1. The van der Waals surface area contributed by atoms with Gasteiger partial charge in [-0.15, -0.1) is 0 Å². The monoisotopic (exact) mass is 219 g/mol. The number of hydrogen-bond acceptors (Lipinski definition) is 5. The summed E-state index contributed by atoms with van der Waals surface area (Å²) in [5, 5.41) is 21.9. The molecule has 88 valence electrons. The lowest BCUT2D eigenvalue weighted by atomic mass is 9.97. The molecule has 1 aliphatic heterocycles. The summed E-state index contributed by atoms with van der Waals surface area (Å²) in [6, 6.07) is -0.767. The number of carbonyl (C=O) groups excluding carboxylic acids is 1. The van der Waals surface area contributed by atoms with Crippen LogP contribution in [0.25, 0.3) is 0 Å². The normalized spacial score (nSPS) is 41.3. The first-order chi connectivity index (χ1) is 6.97. The fraction of sp³-hybridized carbons (Fsp3) is 0.889. The Morgan fingerprint density at radius 2 is 2.00 bits per heavy atom. The van der Waals surface area contributed by atoms with E-state index < -0.39 is 30.6 Å². The lowest BCUT2D eigenvalue weighted by molar-refractivity contribution is -0.261. The number of aliphatic hydroxyl groups excluding tert-OH is 2. The third-order valence-corrected chi connectivity index (χ3v) is 2.45. The molecule has 0 unspecified atom stereocenters. The van der Waals surface area contributed by atoms with Gasteiger partial charge in [0, 0.05) is 14.0 Å². The van der Waals surface area contributed by atoms with Gasteiger partial charge in [0.25, 0.3) is 0 Å². The van der Waals surface area contributed by atoms with Gasteiger partial charge in [-0.2, -0.15) is 0 Å². The van der Waals surface area contributed by atoms with E-state index in [4.69, 9.17) is 9.47 Å². The predicted octanol–water partition coefficient (Wildman–Crippen LogP) is -1.40. The number of nitrogens with one attached hydrogen (secondary N) is 1. The summed E-state index contributed by atoms with van der Waals surface area (Å²) in [7, 11) is 1.39. The van der Waals surface area contributed by atoms with Crippen LogP contribution in [0.15, 0.2) is 0 Å². The summed E-state index contributed by atoms with van der Waals surface area (Å²) in [5.41, 5.74) is 0. The summed E-state index contributed by atoms with van der Waals surface area (Å²) in [6.45, 7) is 2.97. The quantitative estimate of drug-likeness (QED) is 0.532. The van der Waals surface area contributed by atoms with Crippen LogP contribution in [0.2, 0.25) is 0 Å². The third kappa shape index (κ3) is 2.66. The average molecular weight is 219 g/mol. The second kappa shape index (κ2) is 4.89. The highest BCUT2D eigenvalue weighted by Crippen LogP contribution is 2.21. The molecule has 6 heteroatoms. The van der Waals surface area contributed by atoms with E-state index in [-0.39, 0.29) is 5.91 Å². The fourth-order valence-corrected chi connectivity index (χ4v) is 1.64. The van der Waals surface area contributed by atoms with Crippen molar-refractivity contribution in [2.45, 2.75) is 44.5 Å². The van der Waals surface area contributed by atoms with Crippen molar-refractivity contribution in [3.05, 3.63) is 0 Å². The predicted molar refractivity (Wildman–Crippen MR) is 51.0 cm³/mol. The highest BCUT2D eigenvalue weighted by Gasteiger charge is 2.43. The Hall–Kier alpha value is -0.690. The van der Waals surface area contributed by atoms with Crippen LogP contribution >= 0.6 is 0 Å². The fourth-order valence-electron chi connectivity index (χ4n) is 1.64. The smallest absolute Gasteiger partial charge is 0.217 e. The zero-order valence-electron chi connectivity index (χ0n) is 9.01. The summed E-state index contributed by atoms with van der Waals surface area (Å²) in [5.74, 6) is -0.318. The van der Waals surface area contributed by atoms with Gasteiger partial charge in [0.05, 0.1) is 12.1 Å². The van der Waals surface area contributed by atoms with Gasteiger partial charge in [-0.25, -0.2) is 0 Å². The maximum absolute atomic E-state index is 10.9. The van der Waals surface area contributed by atoms with Crippen molar-refractivity contribution in [2.75, 3.05) is 7.11 Å². The third-order valence-electron chi connectivity index (χ3n) is 2.45. The molecular formula is C9H17NO5. The molecule has 0 bridgehead atoms. The first-order valence-electron chi connectivity index (χ1n) is 4.79. The Labute approximate surface area is 88.2 Å². The van der Waals surface area contributed by atoms with E-state index >= 15 is 0 Å². The Morgan fingerprint density at radius 3 is 2.47 bits per heavy atom. The SMILES string of the molecule is CO[C@@H]1O[C@@H](C)[C@@H](O)[C@@H](NC(C)=O)[C@H]1O. The minimum Gasteiger partial charge on any atom is -0.388 e. The molecule has 0 aromatic carbocycles. The number of methoxy groups -OCH3 is 1. The molecule has 0 saturated carbocycles. The van der Waals surface area contributed by atoms with Crippen molar-refractivity contribution >= 4 is 5.91 Å². The van der Waals surface area contributed by atoms with Gasteiger partial charge < -0.3 is 25.0 Å². The molecule has 0 radical (unpaired) electrons. The molecule has 0 spiro atoms. The Kier molecular flexibility index (Phi) is 4.04. The Balaban J connectivity index is 2.74. The molecule has 0 aromatic heterocycles. The van der Waals surface area contributed by atoms with Crippen molar-refractivity contribution in [3.63, 3.8) is 0 Å². The van der Waals surface area contributed by atoms with Crippen LogP contribution in [0, 0.1) is 0 Å². The van der Waals surface area contributed by atoms with E-state index in [1.165, 1.54) is 14.0 Å². The molecule has 1 aliphatic rings. The first kappa shape index (κ1) is 12.4. The van der Waals surface area contributed by atoms with E-state index in [0.717, 1.165) is 0 Å². The lowest BCUT2D eigenvalue weighted by Crippen LogP contribution is -2.63. The second-order valence-electron chi connectivity index (χ2n) is 3.65. The second-order valence-corrected chi connectivity index (χ2v) is 3.65. The molecule has 3 N–H and O–H groups in total. The number of amides is 1. The first-order valence-corrected chi connectivity index (χ1v) is 4.79. The number of rotatable bonds is 2. The van der Waals surface area contributed by atoms with Gasteiger partial charge in [-0.1, -0.05) is 0 Å². The van der Waals surface area contributed by atoms with E-state index in [0.29, 0.717) is 0 Å². The van der Waals surface area contributed by atoms with Crippen LogP contribution in [-0.4, -0.2) is 53.9 Å². The summed E-state index contributed by atoms with van der Waals surface area (Å²) in [6.07, 6.45) is -3.36. The molecule has 1 heterocycles. The zero-order valence-corrected chi connectivity index (χ0v) is 9.01. The minimum absolute atomic E-state index is 0.318. The van der Waals surface area contributed by atoms with Crippen molar-refractivity contribution in [3.8, 4) is 0 Å². The van der Waals surface area contributed by atoms with Crippen LogP contribution < -0.4 is 5.32 Å². The van der Waals surface area contributed by atoms with Crippen molar-refractivity contribution < 1.29 is 24.5 Å². The molecule has 0 aromatic rings. The number of hydrogen-bond donors (Lipinski definition) is 3. The molecule has 5 atom stereocenters. The van der Waals surface area contributed by atoms with Crippen LogP contribution in [0.5, 0.6) is 0 Å². The number of carbonyl (C=O) groups is 1. The lowest BCUT2D eigenvalue weighted by Gasteiger charge is -2.41. The van der Waals surface area contributed by atoms with Crippen LogP contribution in [0.4, 0.5) is 0 Å². The van der Waals surface area contributed by atoms with Gasteiger partial charge >= 0.3 is 0 Å². The van der Waals surface area contributed by atoms with Gasteiger partial charge in [0.2, 0.25) is 5.91 Å². The van der Waals surface area contributed by atoms with Crippen LogP contribution in [-0.2, 0) is 14.3 Å². The summed E-state index contributed by atoms with van der Waals surface area (Å²) >= 11 is 0. The molecule has 15 heavy (non-hydrogen) atoms. The molecule has 0 aliphatic carbocycles. The Bertz CT molecular complexity index is 235. The highest BCUT2D eigenvalue weighted by molar-refractivity contribution is 5.73. The Morgan fingerprint density at radius 1 is 1.40 bits per heavy atom. The van der Waals surface area contributed by atoms with Gasteiger partial charge in [0.1, 0.15) is 12.2 Å². The maximum Gasteiger partial charge on any atom is 0.217 e. The molecule has 1 amide bonds. The van der Waals surface area contributed by atoms with Crippen LogP contribution in [0.1, 0.15) is 13.8 Å². The number of ether oxygens (including phenoxy) is 2. The highest BCUT2D eigenvalue weighted by atomic mass is 16.7. The maximum atomic E-state index is 10.9. The van der Waals surface area contributed by atoms with E-state index in [1.807, 2.05) is 0 Å². The summed E-state index contributed by atoms with van der Waals surface area (Å²) < 4.78 is 10.1. The molecular weight excluding hydrogens is 202 g/mol. The topological polar surface area (TPSA) is 88.0 Å². The largest absolute Gasteiger partial charge is 0.388 e. The summed E-state index contributed by atoms with van der Waals surface area (Å²) in [4.78, 5) is 10.9. The van der Waals surface area contributed by atoms with Crippen molar-refractivity contribution in [2.24, 2.45) is 0 Å². The van der Waals surface area contributed by atoms with Gasteiger partial charge in [0.15, 0.2) is 6.29 Å². The minimum atomic E-state index is -1.08. The number of aliphatic hydroxyl groups is 2. The van der Waals surface area contributed by atoms with Gasteiger partial charge in [-0.05, 0) is 6.92 Å². The van der Waals surface area contributed by atoms with Crippen LogP contribution in [0.3, 0.4) is 0 Å². The van der Waals surface area contributed by atoms with E-state index in [2.05, 4.69) is 5.32 Å². The zero-order chi connectivity index (χ0) is 11.6. The van der Waals surface area contributed by atoms with Crippen molar-refractivity contribution in [1.29, 1.82) is 0 Å². The van der Waals surface area contributed by atoms with E-state index in [9.17, 15) is 15.0 Å². The molecule has 1 saturated heterocycles.